The van der Waals surface area contributed by atoms with Gasteiger partial charge in [0.2, 0.25) is 0 Å². The Kier molecular flexibility index (Phi) is 12.5. The molecule has 0 aromatic rings. The summed E-state index contributed by atoms with van der Waals surface area (Å²) in [6.07, 6.45) is 20.2. The van der Waals surface area contributed by atoms with Crippen LogP contribution in [-0.4, -0.2) is 12.6 Å². The lowest BCUT2D eigenvalue weighted by Crippen LogP contribution is -2.13. The second-order valence-electron chi connectivity index (χ2n) is 7.12. The number of carbonyl (C=O) groups is 1. The van der Waals surface area contributed by atoms with Gasteiger partial charge in [-0.1, -0.05) is 84.0 Å². The summed E-state index contributed by atoms with van der Waals surface area (Å²) in [5.74, 6) is 0.668. The van der Waals surface area contributed by atoms with Gasteiger partial charge in [-0.05, 0) is 25.2 Å². The first kappa shape index (κ1) is 19.5. The minimum Gasteiger partial charge on any atom is -0.465 e. The molecule has 0 unspecified atom stereocenters. The van der Waals surface area contributed by atoms with Crippen molar-refractivity contribution in [2.24, 2.45) is 5.92 Å². The summed E-state index contributed by atoms with van der Waals surface area (Å²) in [5.41, 5.74) is 0. The summed E-state index contributed by atoms with van der Waals surface area (Å²) >= 11 is 0. The molecular formula is C20H38O2. The van der Waals surface area contributed by atoms with Crippen LogP contribution in [0.5, 0.6) is 0 Å². The van der Waals surface area contributed by atoms with Gasteiger partial charge in [0.05, 0.1) is 6.61 Å². The van der Waals surface area contributed by atoms with Crippen molar-refractivity contribution < 1.29 is 9.53 Å². The predicted molar refractivity (Wildman–Crippen MR) is 94.0 cm³/mol. The summed E-state index contributed by atoms with van der Waals surface area (Å²) in [5, 5.41) is 0. The zero-order valence-corrected chi connectivity index (χ0v) is 14.9. The lowest BCUT2D eigenvalue weighted by molar-refractivity contribution is -0.145. The van der Waals surface area contributed by atoms with E-state index in [0.717, 1.165) is 6.42 Å². The van der Waals surface area contributed by atoms with E-state index >= 15 is 0 Å². The van der Waals surface area contributed by atoms with Crippen molar-refractivity contribution in [2.75, 3.05) is 6.61 Å². The Bertz CT molecular complexity index is 254. The Labute approximate surface area is 138 Å². The van der Waals surface area contributed by atoms with E-state index in [-0.39, 0.29) is 5.97 Å². The third kappa shape index (κ3) is 11.1. The number of hydrogen-bond acceptors (Lipinski definition) is 2. The van der Waals surface area contributed by atoms with Crippen molar-refractivity contribution >= 4 is 5.97 Å². The fraction of sp³-hybridized carbons (Fsp3) is 0.950. The van der Waals surface area contributed by atoms with Crippen LogP contribution in [0.2, 0.25) is 0 Å². The van der Waals surface area contributed by atoms with E-state index in [2.05, 4.69) is 6.92 Å². The molecule has 0 aromatic carbocycles. The second-order valence-corrected chi connectivity index (χ2v) is 7.12. The first-order chi connectivity index (χ1) is 10.8. The molecule has 0 N–H and O–H groups in total. The van der Waals surface area contributed by atoms with E-state index in [4.69, 9.17) is 4.74 Å². The van der Waals surface area contributed by atoms with Gasteiger partial charge in [-0.25, -0.2) is 0 Å². The van der Waals surface area contributed by atoms with Crippen LogP contribution >= 0.6 is 0 Å². The maximum Gasteiger partial charge on any atom is 0.305 e. The van der Waals surface area contributed by atoms with Crippen molar-refractivity contribution in [1.29, 1.82) is 0 Å². The largest absolute Gasteiger partial charge is 0.465 e. The summed E-state index contributed by atoms with van der Waals surface area (Å²) in [4.78, 5) is 11.8. The standard InChI is InChI=1S/C20H38O2/c1-2-3-4-5-6-7-8-9-14-17-20(21)22-18-19-15-12-10-11-13-16-19/h19H,2-18H2,1H3. The molecule has 1 fully saturated rings. The van der Waals surface area contributed by atoms with Gasteiger partial charge in [0.15, 0.2) is 0 Å². The maximum absolute atomic E-state index is 11.8. The molecule has 1 aliphatic rings. The SMILES string of the molecule is CCCCCCCCCCCC(=O)OCC1CCCCCC1. The number of rotatable bonds is 12. The Morgan fingerprint density at radius 2 is 1.36 bits per heavy atom. The second kappa shape index (κ2) is 14.1. The topological polar surface area (TPSA) is 26.3 Å². The highest BCUT2D eigenvalue weighted by Gasteiger charge is 2.14. The lowest BCUT2D eigenvalue weighted by Gasteiger charge is -2.14. The molecule has 1 aliphatic carbocycles. The van der Waals surface area contributed by atoms with Crippen LogP contribution in [0.4, 0.5) is 0 Å². The average molecular weight is 311 g/mol. The molecule has 1 rings (SSSR count). The average Bonchev–Trinajstić information content (AvgIpc) is 2.80. The summed E-state index contributed by atoms with van der Waals surface area (Å²) in [6, 6.07) is 0. The van der Waals surface area contributed by atoms with E-state index in [9.17, 15) is 4.79 Å². The number of carbonyl (C=O) groups excluding carboxylic acids is 1. The van der Waals surface area contributed by atoms with Crippen LogP contribution in [0, 0.1) is 5.92 Å². The van der Waals surface area contributed by atoms with Gasteiger partial charge in [0.1, 0.15) is 0 Å². The molecule has 1 saturated carbocycles. The Morgan fingerprint density at radius 3 is 1.95 bits per heavy atom. The highest BCUT2D eigenvalue weighted by atomic mass is 16.5. The van der Waals surface area contributed by atoms with E-state index < -0.39 is 0 Å². The minimum absolute atomic E-state index is 0.0344. The summed E-state index contributed by atoms with van der Waals surface area (Å²) in [7, 11) is 0. The van der Waals surface area contributed by atoms with Gasteiger partial charge in [-0.15, -0.1) is 0 Å². The molecule has 0 amide bonds. The molecule has 2 nitrogen and oxygen atoms in total. The third-order valence-corrected chi connectivity index (χ3v) is 4.94. The van der Waals surface area contributed by atoms with E-state index in [1.54, 1.807) is 0 Å². The fourth-order valence-corrected chi connectivity index (χ4v) is 3.39. The van der Waals surface area contributed by atoms with Crippen molar-refractivity contribution in [3.8, 4) is 0 Å². The zero-order chi connectivity index (χ0) is 15.9. The van der Waals surface area contributed by atoms with Crippen molar-refractivity contribution in [3.05, 3.63) is 0 Å². The van der Waals surface area contributed by atoms with Crippen LogP contribution in [-0.2, 0) is 9.53 Å². The van der Waals surface area contributed by atoms with E-state index in [0.29, 0.717) is 18.9 Å². The number of ether oxygens (including phenoxy) is 1. The third-order valence-electron chi connectivity index (χ3n) is 4.94. The van der Waals surface area contributed by atoms with Gasteiger partial charge in [0.25, 0.3) is 0 Å². The molecule has 0 aromatic heterocycles. The van der Waals surface area contributed by atoms with E-state index in [1.165, 1.54) is 89.9 Å². The van der Waals surface area contributed by atoms with Crippen molar-refractivity contribution in [3.63, 3.8) is 0 Å². The number of hydrogen-bond donors (Lipinski definition) is 0. The molecule has 0 bridgehead atoms. The smallest absolute Gasteiger partial charge is 0.305 e. The van der Waals surface area contributed by atoms with Crippen molar-refractivity contribution in [2.45, 2.75) is 110 Å². The quantitative estimate of drug-likeness (QED) is 0.236. The first-order valence-corrected chi connectivity index (χ1v) is 9.98. The summed E-state index contributed by atoms with van der Waals surface area (Å²) < 4.78 is 5.47. The molecule has 0 atom stereocenters. The molecule has 0 aliphatic heterocycles. The minimum atomic E-state index is 0.0344. The van der Waals surface area contributed by atoms with Crippen LogP contribution in [0.1, 0.15) is 110 Å². The maximum atomic E-state index is 11.8. The van der Waals surface area contributed by atoms with Gasteiger partial charge in [-0.2, -0.15) is 0 Å². The number of unbranched alkanes of at least 4 members (excludes halogenated alkanes) is 8. The molecule has 0 heterocycles. The van der Waals surface area contributed by atoms with E-state index in [1.807, 2.05) is 0 Å². The Hall–Kier alpha value is -0.530. The van der Waals surface area contributed by atoms with Gasteiger partial charge in [-0.3, -0.25) is 4.79 Å². The highest BCUT2D eigenvalue weighted by molar-refractivity contribution is 5.69. The lowest BCUT2D eigenvalue weighted by atomic mass is 10.0. The summed E-state index contributed by atoms with van der Waals surface area (Å²) in [6.45, 7) is 2.94. The molecule has 0 radical (unpaired) electrons. The van der Waals surface area contributed by atoms with Crippen LogP contribution in [0.25, 0.3) is 0 Å². The highest BCUT2D eigenvalue weighted by Crippen LogP contribution is 2.23. The molecule has 0 saturated heterocycles. The Morgan fingerprint density at radius 1 is 0.818 bits per heavy atom. The monoisotopic (exact) mass is 310 g/mol. The van der Waals surface area contributed by atoms with Crippen molar-refractivity contribution in [1.82, 2.24) is 0 Å². The number of esters is 1. The van der Waals surface area contributed by atoms with Gasteiger partial charge >= 0.3 is 5.97 Å². The molecule has 22 heavy (non-hydrogen) atoms. The molecule has 130 valence electrons. The zero-order valence-electron chi connectivity index (χ0n) is 14.9. The normalized spacial score (nSPS) is 16.4. The van der Waals surface area contributed by atoms with Crippen LogP contribution < -0.4 is 0 Å². The fourth-order valence-electron chi connectivity index (χ4n) is 3.39. The van der Waals surface area contributed by atoms with Gasteiger partial charge < -0.3 is 4.74 Å². The first-order valence-electron chi connectivity index (χ1n) is 9.98. The van der Waals surface area contributed by atoms with Crippen LogP contribution in [0.15, 0.2) is 0 Å². The molecular weight excluding hydrogens is 272 g/mol. The molecule has 0 spiro atoms. The predicted octanol–water partition coefficient (Wildman–Crippen LogP) is 6.42. The van der Waals surface area contributed by atoms with Crippen LogP contribution in [0.3, 0.4) is 0 Å². The Balaban J connectivity index is 1.86. The van der Waals surface area contributed by atoms with Gasteiger partial charge in [0, 0.05) is 6.42 Å². The molecule has 2 heteroatoms.